The first-order valence-electron chi connectivity index (χ1n) is 5.52. The third-order valence-corrected chi connectivity index (χ3v) is 2.67. The number of esters is 1. The number of imidazole rings is 1. The van der Waals surface area contributed by atoms with Gasteiger partial charge in [0.2, 0.25) is 0 Å². The van der Waals surface area contributed by atoms with E-state index in [4.69, 9.17) is 5.11 Å². The number of aromatic nitrogens is 2. The molecule has 2 aromatic rings. The molecule has 0 fully saturated rings. The minimum atomic E-state index is -0.347. The lowest BCUT2D eigenvalue weighted by Gasteiger charge is -2.07. The van der Waals surface area contributed by atoms with Gasteiger partial charge in [-0.1, -0.05) is 12.1 Å². The van der Waals surface area contributed by atoms with E-state index in [0.717, 1.165) is 5.56 Å². The Balaban J connectivity index is 2.13. The molecule has 18 heavy (non-hydrogen) atoms. The number of rotatable bonds is 4. The maximum absolute atomic E-state index is 11.3. The molecule has 1 N–H and O–H groups in total. The Hall–Kier alpha value is -2.14. The van der Waals surface area contributed by atoms with Crippen LogP contribution >= 0.6 is 0 Å². The largest absolute Gasteiger partial charge is 0.465 e. The van der Waals surface area contributed by atoms with Crippen molar-refractivity contribution in [2.24, 2.45) is 0 Å². The lowest BCUT2D eigenvalue weighted by Crippen LogP contribution is -2.05. The van der Waals surface area contributed by atoms with Gasteiger partial charge in [0.25, 0.3) is 0 Å². The summed E-state index contributed by atoms with van der Waals surface area (Å²) in [5.41, 5.74) is 1.55. The van der Waals surface area contributed by atoms with Crippen LogP contribution in [0.4, 0.5) is 0 Å². The fourth-order valence-electron chi connectivity index (χ4n) is 1.70. The molecule has 0 radical (unpaired) electrons. The van der Waals surface area contributed by atoms with Gasteiger partial charge in [-0.15, -0.1) is 0 Å². The molecule has 0 amide bonds. The van der Waals surface area contributed by atoms with E-state index in [-0.39, 0.29) is 12.6 Å². The van der Waals surface area contributed by atoms with E-state index in [1.165, 1.54) is 7.11 Å². The number of carbonyl (C=O) groups excluding carboxylic acids is 1. The minimum Gasteiger partial charge on any atom is -0.465 e. The van der Waals surface area contributed by atoms with Crippen LogP contribution in [0.15, 0.2) is 36.7 Å². The number of methoxy groups -OCH3 is 1. The van der Waals surface area contributed by atoms with Gasteiger partial charge in [-0.05, 0) is 17.7 Å². The van der Waals surface area contributed by atoms with Gasteiger partial charge in [-0.25, -0.2) is 9.78 Å². The second-order valence-corrected chi connectivity index (χ2v) is 3.82. The lowest BCUT2D eigenvalue weighted by atomic mass is 10.1. The van der Waals surface area contributed by atoms with E-state index < -0.39 is 0 Å². The van der Waals surface area contributed by atoms with Crippen LogP contribution in [0.1, 0.15) is 21.7 Å². The predicted molar refractivity (Wildman–Crippen MR) is 65.0 cm³/mol. The summed E-state index contributed by atoms with van der Waals surface area (Å²) in [5.74, 6) is 0.271. The van der Waals surface area contributed by atoms with Crippen molar-refractivity contribution in [3.8, 4) is 0 Å². The highest BCUT2D eigenvalue weighted by Gasteiger charge is 2.05. The molecule has 0 aliphatic carbocycles. The van der Waals surface area contributed by atoms with E-state index in [1.807, 2.05) is 16.7 Å². The normalized spacial score (nSPS) is 10.3. The van der Waals surface area contributed by atoms with E-state index in [2.05, 4.69) is 9.72 Å². The maximum atomic E-state index is 11.3. The van der Waals surface area contributed by atoms with Gasteiger partial charge in [0.1, 0.15) is 12.4 Å². The summed E-state index contributed by atoms with van der Waals surface area (Å²) in [6.45, 7) is 0.518. The van der Waals surface area contributed by atoms with E-state index in [9.17, 15) is 4.79 Å². The lowest BCUT2D eigenvalue weighted by molar-refractivity contribution is 0.0600. The Morgan fingerprint density at radius 2 is 2.11 bits per heavy atom. The second kappa shape index (κ2) is 5.46. The Morgan fingerprint density at radius 3 is 2.72 bits per heavy atom. The standard InChI is InChI=1S/C13H14N2O3/c1-18-13(17)11-4-2-10(3-5-11)8-15-7-6-14-12(15)9-16/h2-7,16H,8-9H2,1H3. The second-order valence-electron chi connectivity index (χ2n) is 3.82. The molecule has 0 aliphatic rings. The Bertz CT molecular complexity index is 531. The first-order chi connectivity index (χ1) is 8.74. The van der Waals surface area contributed by atoms with Crippen molar-refractivity contribution < 1.29 is 14.6 Å². The van der Waals surface area contributed by atoms with E-state index in [1.54, 1.807) is 24.5 Å². The van der Waals surface area contributed by atoms with Crippen LogP contribution in [0.2, 0.25) is 0 Å². The first kappa shape index (κ1) is 12.3. The smallest absolute Gasteiger partial charge is 0.337 e. The van der Waals surface area contributed by atoms with Crippen molar-refractivity contribution in [3.05, 3.63) is 53.6 Å². The molecule has 1 aromatic carbocycles. The summed E-state index contributed by atoms with van der Waals surface area (Å²) in [5, 5.41) is 9.09. The number of aliphatic hydroxyl groups excluding tert-OH is 1. The number of hydrogen-bond acceptors (Lipinski definition) is 4. The number of carbonyl (C=O) groups is 1. The molecule has 94 valence electrons. The molecule has 2 rings (SSSR count). The van der Waals surface area contributed by atoms with Gasteiger partial charge >= 0.3 is 5.97 Å². The fourth-order valence-corrected chi connectivity index (χ4v) is 1.70. The van der Waals surface area contributed by atoms with Crippen LogP contribution < -0.4 is 0 Å². The van der Waals surface area contributed by atoms with Gasteiger partial charge in [-0.3, -0.25) is 0 Å². The minimum absolute atomic E-state index is 0.0900. The molecule has 5 heteroatoms. The van der Waals surface area contributed by atoms with Crippen molar-refractivity contribution >= 4 is 5.97 Å². The monoisotopic (exact) mass is 246 g/mol. The molecule has 1 heterocycles. The van der Waals surface area contributed by atoms with Crippen molar-refractivity contribution in [2.45, 2.75) is 13.2 Å². The zero-order valence-corrected chi connectivity index (χ0v) is 10.0. The molecule has 0 bridgehead atoms. The van der Waals surface area contributed by atoms with Gasteiger partial charge in [-0.2, -0.15) is 0 Å². The molecular formula is C13H14N2O3. The average Bonchev–Trinajstić information content (AvgIpc) is 2.86. The highest BCUT2D eigenvalue weighted by atomic mass is 16.5. The topological polar surface area (TPSA) is 64.4 Å². The summed E-state index contributed by atoms with van der Waals surface area (Å²) in [7, 11) is 1.36. The molecule has 0 saturated heterocycles. The number of aliphatic hydroxyl groups is 1. The molecule has 1 aromatic heterocycles. The van der Waals surface area contributed by atoms with Gasteiger partial charge < -0.3 is 14.4 Å². The summed E-state index contributed by atoms with van der Waals surface area (Å²) in [6, 6.07) is 7.15. The summed E-state index contributed by atoms with van der Waals surface area (Å²) in [6.07, 6.45) is 3.45. The summed E-state index contributed by atoms with van der Waals surface area (Å²) in [4.78, 5) is 15.3. The Morgan fingerprint density at radius 1 is 1.39 bits per heavy atom. The molecular weight excluding hydrogens is 232 g/mol. The van der Waals surface area contributed by atoms with Gasteiger partial charge in [0, 0.05) is 18.9 Å². The zero-order valence-electron chi connectivity index (χ0n) is 10.0. The molecule has 0 saturated carbocycles. The predicted octanol–water partition coefficient (Wildman–Crippen LogP) is 1.21. The average molecular weight is 246 g/mol. The number of nitrogens with zero attached hydrogens (tertiary/aromatic N) is 2. The number of ether oxygens (including phenoxy) is 1. The fraction of sp³-hybridized carbons (Fsp3) is 0.231. The van der Waals surface area contributed by atoms with Crippen LogP contribution in [-0.4, -0.2) is 27.7 Å². The zero-order chi connectivity index (χ0) is 13.0. The van der Waals surface area contributed by atoms with E-state index >= 15 is 0 Å². The van der Waals surface area contributed by atoms with Crippen molar-refractivity contribution in [2.75, 3.05) is 7.11 Å². The molecule has 0 atom stereocenters. The van der Waals surface area contributed by atoms with E-state index in [0.29, 0.717) is 17.9 Å². The highest BCUT2D eigenvalue weighted by molar-refractivity contribution is 5.89. The van der Waals surface area contributed by atoms with Crippen LogP contribution in [-0.2, 0) is 17.9 Å². The molecule has 0 unspecified atom stereocenters. The van der Waals surface area contributed by atoms with Crippen LogP contribution in [0, 0.1) is 0 Å². The van der Waals surface area contributed by atoms with Crippen LogP contribution in [0.25, 0.3) is 0 Å². The number of hydrogen-bond donors (Lipinski definition) is 1. The number of benzene rings is 1. The maximum Gasteiger partial charge on any atom is 0.337 e. The van der Waals surface area contributed by atoms with Gasteiger partial charge in [0.15, 0.2) is 0 Å². The first-order valence-corrected chi connectivity index (χ1v) is 5.52. The summed E-state index contributed by atoms with van der Waals surface area (Å²) < 4.78 is 6.49. The van der Waals surface area contributed by atoms with Crippen molar-refractivity contribution in [1.82, 2.24) is 9.55 Å². The van der Waals surface area contributed by atoms with Crippen LogP contribution in [0.3, 0.4) is 0 Å². The SMILES string of the molecule is COC(=O)c1ccc(Cn2ccnc2CO)cc1. The molecule has 5 nitrogen and oxygen atoms in total. The molecule has 0 aliphatic heterocycles. The van der Waals surface area contributed by atoms with Gasteiger partial charge in [0.05, 0.1) is 12.7 Å². The third kappa shape index (κ3) is 2.57. The Kier molecular flexibility index (Phi) is 3.74. The van der Waals surface area contributed by atoms with Crippen molar-refractivity contribution in [1.29, 1.82) is 0 Å². The quantitative estimate of drug-likeness (QED) is 0.823. The van der Waals surface area contributed by atoms with Crippen molar-refractivity contribution in [3.63, 3.8) is 0 Å². The van der Waals surface area contributed by atoms with Crippen LogP contribution in [0.5, 0.6) is 0 Å². The third-order valence-electron chi connectivity index (χ3n) is 2.67. The Labute approximate surface area is 105 Å². The molecule has 0 spiro atoms. The highest BCUT2D eigenvalue weighted by Crippen LogP contribution is 2.09. The summed E-state index contributed by atoms with van der Waals surface area (Å²) >= 11 is 0.